The summed E-state index contributed by atoms with van der Waals surface area (Å²) in [6.07, 6.45) is 2.28. The average Bonchev–Trinajstić information content (AvgIpc) is 2.23. The van der Waals surface area contributed by atoms with Gasteiger partial charge < -0.3 is 9.64 Å². The van der Waals surface area contributed by atoms with Crippen molar-refractivity contribution in [2.45, 2.75) is 26.7 Å². The van der Waals surface area contributed by atoms with Crippen molar-refractivity contribution in [1.82, 2.24) is 4.90 Å². The van der Waals surface area contributed by atoms with E-state index in [2.05, 4.69) is 38.9 Å². The SMILES string of the molecule is Cc1c[c]cc(OCCCCN(C)C)c1C. The van der Waals surface area contributed by atoms with Crippen molar-refractivity contribution >= 4 is 0 Å². The van der Waals surface area contributed by atoms with Crippen molar-refractivity contribution in [3.8, 4) is 5.75 Å². The van der Waals surface area contributed by atoms with Crippen molar-refractivity contribution in [2.75, 3.05) is 27.2 Å². The Labute approximate surface area is 99.2 Å². The van der Waals surface area contributed by atoms with Gasteiger partial charge in [-0.25, -0.2) is 0 Å². The summed E-state index contributed by atoms with van der Waals surface area (Å²) in [4.78, 5) is 2.20. The van der Waals surface area contributed by atoms with Crippen LogP contribution in [0.5, 0.6) is 5.75 Å². The topological polar surface area (TPSA) is 12.5 Å². The van der Waals surface area contributed by atoms with E-state index in [0.29, 0.717) is 0 Å². The largest absolute Gasteiger partial charge is 0.493 e. The van der Waals surface area contributed by atoms with E-state index in [-0.39, 0.29) is 0 Å². The number of rotatable bonds is 6. The maximum Gasteiger partial charge on any atom is 0.123 e. The molecule has 1 aromatic carbocycles. The second-order valence-electron chi connectivity index (χ2n) is 4.49. The molecule has 0 bridgehead atoms. The Balaban J connectivity index is 2.29. The molecule has 89 valence electrons. The van der Waals surface area contributed by atoms with E-state index in [0.717, 1.165) is 25.3 Å². The molecule has 0 saturated heterocycles. The molecule has 0 aliphatic rings. The van der Waals surface area contributed by atoms with Crippen LogP contribution in [0.4, 0.5) is 0 Å². The maximum atomic E-state index is 5.75. The van der Waals surface area contributed by atoms with Crippen LogP contribution in [0.1, 0.15) is 24.0 Å². The minimum absolute atomic E-state index is 0.798. The highest BCUT2D eigenvalue weighted by Crippen LogP contribution is 2.20. The van der Waals surface area contributed by atoms with Crippen LogP contribution in [0, 0.1) is 19.9 Å². The van der Waals surface area contributed by atoms with Crippen molar-refractivity contribution in [3.05, 3.63) is 29.3 Å². The minimum atomic E-state index is 0.798. The first kappa shape index (κ1) is 13.0. The van der Waals surface area contributed by atoms with E-state index in [1.807, 2.05) is 12.1 Å². The average molecular weight is 220 g/mol. The van der Waals surface area contributed by atoms with Gasteiger partial charge in [-0.05, 0) is 70.6 Å². The van der Waals surface area contributed by atoms with Crippen LogP contribution in [0.2, 0.25) is 0 Å². The molecule has 1 rings (SSSR count). The second-order valence-corrected chi connectivity index (χ2v) is 4.49. The fraction of sp³-hybridized carbons (Fsp3) is 0.571. The highest BCUT2D eigenvalue weighted by Gasteiger charge is 2.01. The van der Waals surface area contributed by atoms with Crippen LogP contribution in [-0.4, -0.2) is 32.1 Å². The van der Waals surface area contributed by atoms with Gasteiger partial charge in [-0.15, -0.1) is 0 Å². The van der Waals surface area contributed by atoms with Gasteiger partial charge in [0.25, 0.3) is 0 Å². The summed E-state index contributed by atoms with van der Waals surface area (Å²) < 4.78 is 5.75. The summed E-state index contributed by atoms with van der Waals surface area (Å²) in [5.41, 5.74) is 2.47. The van der Waals surface area contributed by atoms with Crippen molar-refractivity contribution < 1.29 is 4.74 Å². The summed E-state index contributed by atoms with van der Waals surface area (Å²) in [5.74, 6) is 0.977. The molecule has 0 unspecified atom stereocenters. The molecule has 0 fully saturated rings. The number of benzene rings is 1. The first-order chi connectivity index (χ1) is 7.61. The predicted octanol–water partition coefficient (Wildman–Crippen LogP) is 2.82. The van der Waals surface area contributed by atoms with Gasteiger partial charge in [-0.2, -0.15) is 0 Å². The maximum absolute atomic E-state index is 5.75. The van der Waals surface area contributed by atoms with E-state index in [1.165, 1.54) is 17.5 Å². The zero-order valence-corrected chi connectivity index (χ0v) is 10.8. The van der Waals surface area contributed by atoms with E-state index in [9.17, 15) is 0 Å². The van der Waals surface area contributed by atoms with Crippen LogP contribution >= 0.6 is 0 Å². The molecule has 0 N–H and O–H groups in total. The smallest absolute Gasteiger partial charge is 0.123 e. The van der Waals surface area contributed by atoms with E-state index in [1.54, 1.807) is 0 Å². The highest BCUT2D eigenvalue weighted by atomic mass is 16.5. The lowest BCUT2D eigenvalue weighted by atomic mass is 10.1. The lowest BCUT2D eigenvalue weighted by Crippen LogP contribution is -2.13. The molecule has 0 spiro atoms. The first-order valence-electron chi connectivity index (χ1n) is 5.86. The van der Waals surface area contributed by atoms with Gasteiger partial charge in [0.1, 0.15) is 5.75 Å². The Morgan fingerprint density at radius 3 is 2.62 bits per heavy atom. The number of ether oxygens (including phenoxy) is 1. The summed E-state index contributed by atoms with van der Waals surface area (Å²) in [7, 11) is 4.20. The normalized spacial score (nSPS) is 10.8. The molecular formula is C14H22NO. The molecule has 1 radical (unpaired) electrons. The number of hydrogen-bond acceptors (Lipinski definition) is 2. The Kier molecular flexibility index (Phi) is 5.33. The van der Waals surface area contributed by atoms with Gasteiger partial charge in [0.2, 0.25) is 0 Å². The third kappa shape index (κ3) is 4.23. The number of unbranched alkanes of at least 4 members (excludes halogenated alkanes) is 1. The third-order valence-corrected chi connectivity index (χ3v) is 2.73. The van der Waals surface area contributed by atoms with Crippen molar-refractivity contribution in [3.63, 3.8) is 0 Å². The molecular weight excluding hydrogens is 198 g/mol. The fourth-order valence-electron chi connectivity index (χ4n) is 1.52. The van der Waals surface area contributed by atoms with Crippen molar-refractivity contribution in [1.29, 1.82) is 0 Å². The van der Waals surface area contributed by atoms with Crippen molar-refractivity contribution in [2.24, 2.45) is 0 Å². The molecule has 2 nitrogen and oxygen atoms in total. The van der Waals surface area contributed by atoms with Crippen LogP contribution in [-0.2, 0) is 0 Å². The number of aryl methyl sites for hydroxylation is 1. The molecule has 0 aliphatic heterocycles. The number of hydrogen-bond donors (Lipinski definition) is 0. The fourth-order valence-corrected chi connectivity index (χ4v) is 1.52. The Morgan fingerprint density at radius 2 is 1.94 bits per heavy atom. The van der Waals surface area contributed by atoms with Gasteiger partial charge in [-0.3, -0.25) is 0 Å². The molecule has 0 heterocycles. The molecule has 16 heavy (non-hydrogen) atoms. The zero-order valence-electron chi connectivity index (χ0n) is 10.8. The summed E-state index contributed by atoms with van der Waals surface area (Å²) in [5, 5.41) is 0. The Hall–Kier alpha value is -1.02. The molecule has 0 aliphatic carbocycles. The first-order valence-corrected chi connectivity index (χ1v) is 5.86. The minimum Gasteiger partial charge on any atom is -0.493 e. The Bertz CT molecular complexity index is 321. The van der Waals surface area contributed by atoms with Crippen LogP contribution in [0.15, 0.2) is 12.1 Å². The van der Waals surface area contributed by atoms with Crippen LogP contribution in [0.25, 0.3) is 0 Å². The monoisotopic (exact) mass is 220 g/mol. The number of nitrogens with zero attached hydrogens (tertiary/aromatic N) is 1. The molecule has 2 heteroatoms. The zero-order chi connectivity index (χ0) is 12.0. The molecule has 0 atom stereocenters. The molecule has 1 aromatic rings. The lowest BCUT2D eigenvalue weighted by Gasteiger charge is -2.12. The predicted molar refractivity (Wildman–Crippen MR) is 68.0 cm³/mol. The van der Waals surface area contributed by atoms with Gasteiger partial charge in [-0.1, -0.05) is 6.07 Å². The third-order valence-electron chi connectivity index (χ3n) is 2.73. The quantitative estimate of drug-likeness (QED) is 0.684. The van der Waals surface area contributed by atoms with Crippen LogP contribution in [0.3, 0.4) is 0 Å². The highest BCUT2D eigenvalue weighted by molar-refractivity contribution is 5.37. The molecule has 0 amide bonds. The lowest BCUT2D eigenvalue weighted by molar-refractivity contribution is 0.291. The summed E-state index contributed by atoms with van der Waals surface area (Å²) in [6.45, 7) is 6.11. The van der Waals surface area contributed by atoms with Gasteiger partial charge in [0.05, 0.1) is 6.61 Å². The Morgan fingerprint density at radius 1 is 1.19 bits per heavy atom. The van der Waals surface area contributed by atoms with E-state index >= 15 is 0 Å². The second kappa shape index (κ2) is 6.54. The van der Waals surface area contributed by atoms with E-state index in [4.69, 9.17) is 4.74 Å². The van der Waals surface area contributed by atoms with E-state index < -0.39 is 0 Å². The molecule has 0 saturated carbocycles. The summed E-state index contributed by atoms with van der Waals surface area (Å²) >= 11 is 0. The standard InChI is InChI=1S/C14H22NO/c1-12-8-7-9-14(13(12)2)16-11-6-5-10-15(3)4/h8-9H,5-6,10-11H2,1-4H3. The van der Waals surface area contributed by atoms with Gasteiger partial charge in [0, 0.05) is 0 Å². The van der Waals surface area contributed by atoms with Crippen LogP contribution < -0.4 is 4.74 Å². The van der Waals surface area contributed by atoms with Gasteiger partial charge >= 0.3 is 0 Å². The van der Waals surface area contributed by atoms with Gasteiger partial charge in [0.15, 0.2) is 0 Å². The summed E-state index contributed by atoms with van der Waals surface area (Å²) in [6, 6.07) is 7.02. The molecule has 0 aromatic heterocycles.